The van der Waals surface area contributed by atoms with Gasteiger partial charge in [-0.15, -0.1) is 15.1 Å². The van der Waals surface area contributed by atoms with E-state index in [2.05, 4.69) is 187 Å². The number of aryl methyl sites for hydroxylation is 4. The molecule has 0 spiro atoms. The van der Waals surface area contributed by atoms with Crippen molar-refractivity contribution in [2.45, 2.75) is 66.2 Å². The zero-order valence-electron chi connectivity index (χ0n) is 22.9. The van der Waals surface area contributed by atoms with Gasteiger partial charge in [-0.05, 0) is 96.6 Å². The van der Waals surface area contributed by atoms with Crippen LogP contribution in [0.2, 0.25) is 0 Å². The summed E-state index contributed by atoms with van der Waals surface area (Å²) < 4.78 is 0. The Kier molecular flexibility index (Phi) is 13.9. The number of halogens is 3. The molecule has 2 unspecified atom stereocenters. The van der Waals surface area contributed by atoms with Crippen LogP contribution < -0.4 is 9.80 Å². The fourth-order valence-electron chi connectivity index (χ4n) is 4.99. The molecule has 0 saturated carbocycles. The summed E-state index contributed by atoms with van der Waals surface area (Å²) in [6.07, 6.45) is 6.57. The van der Waals surface area contributed by atoms with Crippen LogP contribution in [0.3, 0.4) is 0 Å². The molecule has 0 N–H and O–H groups in total. The topological polar surface area (TPSA) is 6.48 Å². The van der Waals surface area contributed by atoms with Crippen molar-refractivity contribution in [3.8, 4) is 0 Å². The molecule has 0 fully saturated rings. The molecule has 2 nitrogen and oxygen atoms in total. The molecule has 2 aromatic carbocycles. The second-order valence-electron chi connectivity index (χ2n) is 11.0. The van der Waals surface area contributed by atoms with Gasteiger partial charge in [0.05, 0.1) is 0 Å². The number of rotatable bonds is 9. The molecule has 0 amide bonds. The van der Waals surface area contributed by atoms with Crippen LogP contribution in [0.25, 0.3) is 0 Å². The maximum atomic E-state index is 6.19. The van der Waals surface area contributed by atoms with Crippen molar-refractivity contribution in [1.29, 1.82) is 0 Å². The van der Waals surface area contributed by atoms with E-state index in [1.165, 1.54) is 50.9 Å². The molecule has 2 atom stereocenters. The van der Waals surface area contributed by atoms with E-state index < -0.39 is 5.44 Å². The molecular weight excluding hydrogens is 833 g/mol. The summed E-state index contributed by atoms with van der Waals surface area (Å²) >= 11 is 7.18. The van der Waals surface area contributed by atoms with Gasteiger partial charge in [-0.2, -0.15) is 22.4 Å². The van der Waals surface area contributed by atoms with Crippen molar-refractivity contribution in [3.05, 3.63) is 76.7 Å². The van der Waals surface area contributed by atoms with Crippen LogP contribution >= 0.6 is 67.5 Å². The van der Waals surface area contributed by atoms with E-state index in [1.54, 1.807) is 0 Å². The Bertz CT molecular complexity index is 1070. The molecule has 3 radical (unpaired) electrons. The van der Waals surface area contributed by atoms with Crippen LogP contribution in [0.1, 0.15) is 61.1 Å². The van der Waals surface area contributed by atoms with Crippen molar-refractivity contribution < 1.29 is 20.0 Å². The molecule has 3 rings (SSSR count). The molecule has 10 heteroatoms. The van der Waals surface area contributed by atoms with Gasteiger partial charge in [0.15, 0.2) is 0 Å². The molecule has 0 aliphatic carbocycles. The summed E-state index contributed by atoms with van der Waals surface area (Å²) in [6, 6.07) is 9.47. The van der Waals surface area contributed by atoms with E-state index in [4.69, 9.17) is 7.57 Å². The number of nitrogens with zero attached hydrogens (tertiary/aromatic N) is 2. The van der Waals surface area contributed by atoms with Crippen LogP contribution in [-0.2, 0) is 30.8 Å². The molecule has 203 valence electrons. The van der Waals surface area contributed by atoms with Gasteiger partial charge in [0.2, 0.25) is 4.86 Å². The summed E-state index contributed by atoms with van der Waals surface area (Å²) in [4.78, 5) is 6.81. The van der Waals surface area contributed by atoms with E-state index in [0.29, 0.717) is 0 Å². The Morgan fingerprint density at radius 3 is 1.62 bits per heavy atom. The summed E-state index contributed by atoms with van der Waals surface area (Å²) in [5.41, 5.74) is 10.4. The van der Waals surface area contributed by atoms with Crippen molar-refractivity contribution in [2.24, 2.45) is 0 Å². The molecule has 0 saturated heterocycles. The zero-order chi connectivity index (χ0) is 28.1. The van der Waals surface area contributed by atoms with Crippen molar-refractivity contribution in [3.63, 3.8) is 0 Å². The van der Waals surface area contributed by atoms with Gasteiger partial charge in [-0.1, -0.05) is 79.4 Å². The van der Waals surface area contributed by atoms with Gasteiger partial charge in [-0.3, -0.25) is 0 Å². The van der Waals surface area contributed by atoms with Crippen LogP contribution in [0.4, 0.5) is 11.4 Å². The molecule has 0 aromatic heterocycles. The van der Waals surface area contributed by atoms with E-state index in [-0.39, 0.29) is 10.8 Å². The zero-order valence-corrected chi connectivity index (χ0v) is 31.3. The summed E-state index contributed by atoms with van der Waals surface area (Å²) in [5, 5.41) is 0. The second-order valence-corrected chi connectivity index (χ2v) is 18.6. The molecule has 0 bridgehead atoms. The molecule has 1 aliphatic heterocycles. The van der Waals surface area contributed by atoms with Gasteiger partial charge in [-0.25, -0.2) is 0 Å². The van der Waals surface area contributed by atoms with Crippen LogP contribution in [-0.4, -0.2) is 24.7 Å². The fourth-order valence-corrected chi connectivity index (χ4v) is 9.94. The first-order chi connectivity index (χ1) is 17.3. The van der Waals surface area contributed by atoms with E-state index in [1.807, 2.05) is 0 Å². The standard InChI is InChI=1S/C27H36B2I2N2P2.Ag.ClH/c1-18-11-22(26(5,6)15-34-29-30)12-19(2)24(18)32-9-10-33(17-32)25-20(3)13-23(14-21(25)4)27(7,8)16-35(28)31;;/h9-14,17,34H,15-16H2,1-8H3;;1H/q-1;+1;/p-1. The third-order valence-corrected chi connectivity index (χ3v) is 11.5. The summed E-state index contributed by atoms with van der Waals surface area (Å²) in [5.74, 6) is 0. The van der Waals surface area contributed by atoms with Gasteiger partial charge in [0.25, 0.3) is 0 Å². The minimum absolute atomic E-state index is 0.0747. The molecule has 1 heterocycles. The SMILES string of the molecule is [B]P(I)CC(C)(C)c1cc(C)c(N2C=CN(c3c(C)cc(C(C)(C)CP[B]I)cc3C)[CH-]2)c(C)c1.[Cl][Ag]. The number of hydrogen-bond acceptors (Lipinski definition) is 2. The van der Waals surface area contributed by atoms with E-state index in [9.17, 15) is 0 Å². The third-order valence-electron chi connectivity index (χ3n) is 6.87. The van der Waals surface area contributed by atoms with Crippen LogP contribution in [0, 0.1) is 34.4 Å². The van der Waals surface area contributed by atoms with E-state index in [0.717, 1.165) is 14.6 Å². The molecule has 2 aromatic rings. The van der Waals surface area contributed by atoms with Gasteiger partial charge < -0.3 is 9.80 Å². The van der Waals surface area contributed by atoms with Crippen molar-refractivity contribution in [2.75, 3.05) is 22.1 Å². The first-order valence-electron chi connectivity index (χ1n) is 12.0. The monoisotopic (exact) mass is 868 g/mol. The number of benzene rings is 2. The third kappa shape index (κ3) is 8.87. The Morgan fingerprint density at radius 1 is 0.892 bits per heavy atom. The van der Waals surface area contributed by atoms with E-state index >= 15 is 0 Å². The Labute approximate surface area is 273 Å². The average molecular weight is 869 g/mol. The maximum absolute atomic E-state index is 6.19. The van der Waals surface area contributed by atoms with Crippen molar-refractivity contribution >= 4 is 91.3 Å². The Balaban J connectivity index is 0.00000235. The predicted molar refractivity (Wildman–Crippen MR) is 187 cm³/mol. The Hall–Kier alpha value is 1.26. The quantitative estimate of drug-likeness (QED) is 0.107. The first-order valence-corrected chi connectivity index (χ1v) is 20.9. The molecule has 1 aliphatic rings. The average Bonchev–Trinajstić information content (AvgIpc) is 3.26. The fraction of sp³-hybridized carbons (Fsp3) is 0.444. The van der Waals surface area contributed by atoms with Crippen LogP contribution in [0.15, 0.2) is 36.7 Å². The summed E-state index contributed by atoms with van der Waals surface area (Å²) in [7, 11) is 11.5. The minimum atomic E-state index is -0.465. The normalized spacial score (nSPS) is 14.8. The second kappa shape index (κ2) is 14.9. The first kappa shape index (κ1) is 34.5. The number of hydrogen-bond donors (Lipinski definition) is 0. The molecule has 37 heavy (non-hydrogen) atoms. The van der Waals surface area contributed by atoms with Gasteiger partial charge >= 0.3 is 29.2 Å². The van der Waals surface area contributed by atoms with Crippen LogP contribution in [0.5, 0.6) is 0 Å². The van der Waals surface area contributed by atoms with Crippen molar-refractivity contribution in [1.82, 2.24) is 0 Å². The van der Waals surface area contributed by atoms with Gasteiger partial charge in [0.1, 0.15) is 7.57 Å². The van der Waals surface area contributed by atoms with Gasteiger partial charge in [0, 0.05) is 11.4 Å². The Morgan fingerprint density at radius 2 is 1.27 bits per heavy atom. The predicted octanol–water partition coefficient (Wildman–Crippen LogP) is 9.64. The molecular formula is C27H36AgB2ClI2N2P2-. The summed E-state index contributed by atoms with van der Waals surface area (Å²) in [6.45, 7) is 20.5. The number of anilines is 2.